The second kappa shape index (κ2) is 5.99. The van der Waals surface area contributed by atoms with Crippen molar-refractivity contribution in [3.8, 4) is 0 Å². The summed E-state index contributed by atoms with van der Waals surface area (Å²) in [6, 6.07) is 23.2. The van der Waals surface area contributed by atoms with Gasteiger partial charge in [-0.15, -0.1) is 0 Å². The fraction of sp³-hybridized carbons (Fsp3) is 0.190. The lowest BCUT2D eigenvalue weighted by Crippen LogP contribution is -2.17. The van der Waals surface area contributed by atoms with Crippen molar-refractivity contribution in [1.29, 1.82) is 0 Å². The molecule has 0 unspecified atom stereocenters. The zero-order chi connectivity index (χ0) is 16.6. The Hall–Kier alpha value is -2.26. The fourth-order valence-electron chi connectivity index (χ4n) is 2.85. The van der Waals surface area contributed by atoms with Gasteiger partial charge in [0.1, 0.15) is 6.61 Å². The van der Waals surface area contributed by atoms with E-state index < -0.39 is 0 Å². The molecule has 0 saturated heterocycles. The van der Waals surface area contributed by atoms with E-state index in [1.54, 1.807) is 11.8 Å². The summed E-state index contributed by atoms with van der Waals surface area (Å²) in [6.45, 7) is 4.83. The Morgan fingerprint density at radius 2 is 1.67 bits per heavy atom. The minimum atomic E-state index is -0.157. The van der Waals surface area contributed by atoms with Gasteiger partial charge in [0.05, 0.1) is 11.1 Å². The maximum absolute atomic E-state index is 5.92. The van der Waals surface area contributed by atoms with Crippen molar-refractivity contribution in [2.75, 3.05) is 6.61 Å². The average molecular weight is 333 g/mol. The Labute approximate surface area is 146 Å². The molecule has 3 aromatic carbocycles. The molecule has 0 N–H and O–H groups in total. The third-order valence-corrected chi connectivity index (χ3v) is 5.19. The summed E-state index contributed by atoms with van der Waals surface area (Å²) in [5, 5.41) is 2.47. The molecular formula is C21H19NOS. The molecule has 3 aromatic rings. The van der Waals surface area contributed by atoms with Crippen molar-refractivity contribution in [3.63, 3.8) is 0 Å². The van der Waals surface area contributed by atoms with E-state index >= 15 is 0 Å². The van der Waals surface area contributed by atoms with Crippen LogP contribution in [0.1, 0.15) is 19.4 Å². The maximum Gasteiger partial charge on any atom is 0.218 e. The van der Waals surface area contributed by atoms with Crippen LogP contribution in [-0.4, -0.2) is 18.0 Å². The van der Waals surface area contributed by atoms with Crippen LogP contribution in [0.15, 0.2) is 81.5 Å². The molecule has 4 rings (SSSR count). The molecule has 0 radical (unpaired) electrons. The smallest absolute Gasteiger partial charge is 0.218 e. The quantitative estimate of drug-likeness (QED) is 0.627. The first kappa shape index (κ1) is 15.3. The Kier molecular flexibility index (Phi) is 3.81. The first-order valence-electron chi connectivity index (χ1n) is 8.10. The summed E-state index contributed by atoms with van der Waals surface area (Å²) >= 11 is 1.77. The van der Waals surface area contributed by atoms with E-state index in [1.807, 2.05) is 6.07 Å². The highest BCUT2D eigenvalue weighted by Crippen LogP contribution is 2.38. The Morgan fingerprint density at radius 3 is 2.42 bits per heavy atom. The number of hydrogen-bond acceptors (Lipinski definition) is 3. The summed E-state index contributed by atoms with van der Waals surface area (Å²) in [5.41, 5.74) is 0.920. The number of aliphatic imine (C=N–C) groups is 1. The molecule has 1 aliphatic rings. The molecule has 1 heterocycles. The Morgan fingerprint density at radius 1 is 0.917 bits per heavy atom. The van der Waals surface area contributed by atoms with Crippen LogP contribution in [0.5, 0.6) is 0 Å². The van der Waals surface area contributed by atoms with Crippen molar-refractivity contribution >= 4 is 28.4 Å². The lowest BCUT2D eigenvalue weighted by molar-refractivity contribution is 0.279. The van der Waals surface area contributed by atoms with Gasteiger partial charge >= 0.3 is 0 Å². The average Bonchev–Trinajstić information content (AvgIpc) is 2.96. The summed E-state index contributed by atoms with van der Waals surface area (Å²) in [7, 11) is 0. The Balaban J connectivity index is 1.89. The van der Waals surface area contributed by atoms with Crippen molar-refractivity contribution in [1.82, 2.24) is 0 Å². The van der Waals surface area contributed by atoms with E-state index in [2.05, 4.69) is 74.5 Å². The van der Waals surface area contributed by atoms with Gasteiger partial charge in [-0.1, -0.05) is 60.3 Å². The highest BCUT2D eigenvalue weighted by molar-refractivity contribution is 7.99. The summed E-state index contributed by atoms with van der Waals surface area (Å²) < 4.78 is 5.92. The van der Waals surface area contributed by atoms with E-state index in [1.165, 1.54) is 20.6 Å². The topological polar surface area (TPSA) is 21.6 Å². The Bertz CT molecular complexity index is 916. The van der Waals surface area contributed by atoms with Crippen LogP contribution >= 0.6 is 11.8 Å². The number of ether oxygens (including phenoxy) is 1. The molecule has 0 fully saturated rings. The molecule has 120 valence electrons. The SMILES string of the molecule is CC1(C)COC(c2ccc3ccccc3c2Sc2ccccc2)=N1. The second-order valence-corrected chi connectivity index (χ2v) is 7.68. The van der Waals surface area contributed by atoms with Crippen LogP contribution in [0.3, 0.4) is 0 Å². The second-order valence-electron chi connectivity index (χ2n) is 6.60. The lowest BCUT2D eigenvalue weighted by Gasteiger charge is -2.12. The van der Waals surface area contributed by atoms with E-state index in [4.69, 9.17) is 9.73 Å². The summed E-state index contributed by atoms with van der Waals surface area (Å²) in [4.78, 5) is 7.20. The molecule has 0 atom stereocenters. The molecule has 0 amide bonds. The van der Waals surface area contributed by atoms with Gasteiger partial charge in [0, 0.05) is 9.79 Å². The van der Waals surface area contributed by atoms with Crippen molar-refractivity contribution < 1.29 is 4.74 Å². The van der Waals surface area contributed by atoms with E-state index in [0.717, 1.165) is 11.5 Å². The molecule has 24 heavy (non-hydrogen) atoms. The van der Waals surface area contributed by atoms with Crippen molar-refractivity contribution in [2.24, 2.45) is 4.99 Å². The van der Waals surface area contributed by atoms with Gasteiger partial charge in [-0.05, 0) is 42.8 Å². The van der Waals surface area contributed by atoms with Crippen LogP contribution < -0.4 is 0 Å². The van der Waals surface area contributed by atoms with Gasteiger partial charge in [-0.25, -0.2) is 4.99 Å². The van der Waals surface area contributed by atoms with Crippen LogP contribution in [-0.2, 0) is 4.74 Å². The standard InChI is InChI=1S/C21H19NOS/c1-21(2)14-23-20(22-21)18-13-12-15-8-6-7-11-17(15)19(18)24-16-9-4-3-5-10-16/h3-13H,14H2,1-2H3. The first-order valence-corrected chi connectivity index (χ1v) is 8.92. The number of nitrogens with zero attached hydrogens (tertiary/aromatic N) is 1. The minimum Gasteiger partial charge on any atom is -0.475 e. The predicted octanol–water partition coefficient (Wildman–Crippen LogP) is 5.55. The van der Waals surface area contributed by atoms with Crippen molar-refractivity contribution in [2.45, 2.75) is 29.2 Å². The largest absolute Gasteiger partial charge is 0.475 e. The van der Waals surface area contributed by atoms with Gasteiger partial charge < -0.3 is 4.74 Å². The van der Waals surface area contributed by atoms with Gasteiger partial charge in [-0.3, -0.25) is 0 Å². The van der Waals surface area contributed by atoms with Gasteiger partial charge in [0.2, 0.25) is 5.90 Å². The van der Waals surface area contributed by atoms with E-state index in [9.17, 15) is 0 Å². The molecule has 2 nitrogen and oxygen atoms in total. The normalized spacial score (nSPS) is 16.0. The number of hydrogen-bond donors (Lipinski definition) is 0. The molecule has 1 aliphatic heterocycles. The lowest BCUT2D eigenvalue weighted by atomic mass is 10.1. The van der Waals surface area contributed by atoms with Crippen LogP contribution in [0.2, 0.25) is 0 Å². The number of benzene rings is 3. The molecule has 3 heteroatoms. The highest BCUT2D eigenvalue weighted by atomic mass is 32.2. The van der Waals surface area contributed by atoms with E-state index in [0.29, 0.717) is 6.61 Å². The fourth-order valence-corrected chi connectivity index (χ4v) is 3.94. The zero-order valence-corrected chi connectivity index (χ0v) is 14.6. The maximum atomic E-state index is 5.92. The number of rotatable bonds is 3. The van der Waals surface area contributed by atoms with Crippen molar-refractivity contribution in [3.05, 3.63) is 72.3 Å². The van der Waals surface area contributed by atoms with Crippen LogP contribution in [0.4, 0.5) is 0 Å². The van der Waals surface area contributed by atoms with Crippen LogP contribution in [0.25, 0.3) is 10.8 Å². The molecular weight excluding hydrogens is 314 g/mol. The molecule has 0 bridgehead atoms. The molecule has 0 aromatic heterocycles. The molecule has 0 aliphatic carbocycles. The monoisotopic (exact) mass is 333 g/mol. The zero-order valence-electron chi connectivity index (χ0n) is 13.8. The highest BCUT2D eigenvalue weighted by Gasteiger charge is 2.28. The predicted molar refractivity (Wildman–Crippen MR) is 101 cm³/mol. The third-order valence-electron chi connectivity index (χ3n) is 4.04. The molecule has 0 saturated carbocycles. The summed E-state index contributed by atoms with van der Waals surface area (Å²) in [6.07, 6.45) is 0. The third kappa shape index (κ3) is 2.92. The first-order chi connectivity index (χ1) is 11.6. The van der Waals surface area contributed by atoms with Gasteiger partial charge in [-0.2, -0.15) is 0 Å². The van der Waals surface area contributed by atoms with Gasteiger partial charge in [0.15, 0.2) is 0 Å². The summed E-state index contributed by atoms with van der Waals surface area (Å²) in [5.74, 6) is 0.754. The molecule has 0 spiro atoms. The minimum absolute atomic E-state index is 0.157. The van der Waals surface area contributed by atoms with Gasteiger partial charge in [0.25, 0.3) is 0 Å². The number of fused-ring (bicyclic) bond motifs is 1. The van der Waals surface area contributed by atoms with Crippen LogP contribution in [0, 0.1) is 0 Å². The van der Waals surface area contributed by atoms with E-state index in [-0.39, 0.29) is 5.54 Å².